The van der Waals surface area contributed by atoms with Crippen LogP contribution in [0.4, 0.5) is 11.4 Å². The van der Waals surface area contributed by atoms with Gasteiger partial charge in [-0.3, -0.25) is 0 Å². The van der Waals surface area contributed by atoms with Crippen molar-refractivity contribution in [3.05, 3.63) is 60.2 Å². The van der Waals surface area contributed by atoms with Crippen molar-refractivity contribution in [2.45, 2.75) is 29.9 Å². The topological polar surface area (TPSA) is 123 Å². The number of fused-ring (bicyclic) bond motifs is 1. The molecule has 0 bridgehead atoms. The highest BCUT2D eigenvalue weighted by atomic mass is 32.2. The Hall–Kier alpha value is -3.97. The number of ether oxygens (including phenoxy) is 1. The van der Waals surface area contributed by atoms with Gasteiger partial charge in [0.25, 0.3) is 0 Å². The molecule has 0 unspecified atom stereocenters. The largest absolute Gasteiger partial charge is 0.437 e. The van der Waals surface area contributed by atoms with E-state index in [-0.39, 0.29) is 5.25 Å². The smallest absolute Gasteiger partial charge is 0.223 e. The van der Waals surface area contributed by atoms with Gasteiger partial charge in [0, 0.05) is 18.8 Å². The van der Waals surface area contributed by atoms with Crippen LogP contribution in [0.3, 0.4) is 0 Å². The van der Waals surface area contributed by atoms with Gasteiger partial charge in [0.15, 0.2) is 21.2 Å². The molecule has 9 nitrogen and oxygen atoms in total. The Morgan fingerprint density at radius 3 is 2.61 bits per heavy atom. The van der Waals surface area contributed by atoms with E-state index in [1.165, 1.54) is 6.20 Å². The van der Waals surface area contributed by atoms with Gasteiger partial charge in [-0.15, -0.1) is 0 Å². The molecule has 1 fully saturated rings. The maximum absolute atomic E-state index is 12.4. The van der Waals surface area contributed by atoms with Gasteiger partial charge in [-0.05, 0) is 55.7 Å². The number of hydrogen-bond acceptors (Lipinski definition) is 8. The van der Waals surface area contributed by atoms with E-state index in [0.29, 0.717) is 44.8 Å². The number of nitriles is 1. The maximum atomic E-state index is 12.4. The van der Waals surface area contributed by atoms with Crippen LogP contribution < -0.4 is 10.1 Å². The van der Waals surface area contributed by atoms with Crippen LogP contribution in [0, 0.1) is 18.3 Å². The molecule has 1 aliphatic carbocycles. The zero-order valence-corrected chi connectivity index (χ0v) is 18.8. The second-order valence-electron chi connectivity index (χ2n) is 7.98. The first kappa shape index (κ1) is 20.9. The van der Waals surface area contributed by atoms with E-state index in [2.05, 4.69) is 20.3 Å². The standard InChI is InChI=1S/C23H20N6O3S/c1-14-9-16(11-24)25-12-20(14)32-21-10-19(22-23(28-21)29(2)13-26-22)27-15-3-5-17(6-4-15)33(30,31)18-7-8-18/h3-6,9-10,12-13,18H,7-8H2,1-2H3,(H,27,28). The lowest BCUT2D eigenvalue weighted by Crippen LogP contribution is -2.06. The molecular weight excluding hydrogens is 440 g/mol. The molecular formula is C23H20N6O3S. The highest BCUT2D eigenvalue weighted by Crippen LogP contribution is 2.35. The first-order valence-corrected chi connectivity index (χ1v) is 11.9. The quantitative estimate of drug-likeness (QED) is 0.458. The Balaban J connectivity index is 1.47. The summed E-state index contributed by atoms with van der Waals surface area (Å²) in [5.41, 5.74) is 3.70. The Morgan fingerprint density at radius 2 is 1.94 bits per heavy atom. The van der Waals surface area contributed by atoms with Crippen LogP contribution in [0.2, 0.25) is 0 Å². The van der Waals surface area contributed by atoms with Gasteiger partial charge in [0.2, 0.25) is 5.88 Å². The molecule has 0 aliphatic heterocycles. The molecule has 1 aromatic carbocycles. The van der Waals surface area contributed by atoms with Crippen molar-refractivity contribution in [3.63, 3.8) is 0 Å². The molecule has 0 atom stereocenters. The van der Waals surface area contributed by atoms with Crippen molar-refractivity contribution in [1.29, 1.82) is 5.26 Å². The number of imidazole rings is 1. The van der Waals surface area contributed by atoms with Crippen LogP contribution in [0.25, 0.3) is 11.2 Å². The van der Waals surface area contributed by atoms with Crippen molar-refractivity contribution in [2.75, 3.05) is 5.32 Å². The minimum absolute atomic E-state index is 0.246. The summed E-state index contributed by atoms with van der Waals surface area (Å²) in [6, 6.07) is 12.1. The third kappa shape index (κ3) is 3.99. The number of nitrogens with one attached hydrogen (secondary N) is 1. The fourth-order valence-electron chi connectivity index (χ4n) is 3.50. The molecule has 1 aliphatic rings. The lowest BCUT2D eigenvalue weighted by molar-refractivity contribution is 0.459. The number of nitrogens with zero attached hydrogens (tertiary/aromatic N) is 5. The van der Waals surface area contributed by atoms with Crippen molar-refractivity contribution >= 4 is 32.4 Å². The van der Waals surface area contributed by atoms with Crippen LogP contribution in [0.1, 0.15) is 24.1 Å². The van der Waals surface area contributed by atoms with Gasteiger partial charge in [-0.2, -0.15) is 10.2 Å². The number of benzene rings is 1. The summed E-state index contributed by atoms with van der Waals surface area (Å²) in [7, 11) is -1.40. The zero-order valence-electron chi connectivity index (χ0n) is 18.0. The van der Waals surface area contributed by atoms with E-state index in [9.17, 15) is 8.42 Å². The van der Waals surface area contributed by atoms with Gasteiger partial charge in [-0.25, -0.2) is 18.4 Å². The summed E-state index contributed by atoms with van der Waals surface area (Å²) >= 11 is 0. The van der Waals surface area contributed by atoms with E-state index < -0.39 is 9.84 Å². The monoisotopic (exact) mass is 460 g/mol. The maximum Gasteiger partial charge on any atom is 0.223 e. The fourth-order valence-corrected chi connectivity index (χ4v) is 5.16. The third-order valence-corrected chi connectivity index (χ3v) is 7.74. The van der Waals surface area contributed by atoms with E-state index in [4.69, 9.17) is 10.00 Å². The fraction of sp³-hybridized carbons (Fsp3) is 0.217. The van der Waals surface area contributed by atoms with Gasteiger partial charge < -0.3 is 14.6 Å². The van der Waals surface area contributed by atoms with Gasteiger partial charge in [0.05, 0.1) is 28.4 Å². The Bertz CT molecular complexity index is 1520. The lowest BCUT2D eigenvalue weighted by atomic mass is 10.2. The van der Waals surface area contributed by atoms with E-state index in [1.54, 1.807) is 47.3 Å². The average molecular weight is 461 g/mol. The number of anilines is 2. The average Bonchev–Trinajstić information content (AvgIpc) is 3.60. The predicted molar refractivity (Wildman–Crippen MR) is 122 cm³/mol. The summed E-state index contributed by atoms with van der Waals surface area (Å²) < 4.78 is 32.6. The summed E-state index contributed by atoms with van der Waals surface area (Å²) in [5.74, 6) is 0.819. The number of aromatic nitrogens is 4. The molecule has 4 aromatic rings. The minimum atomic E-state index is -3.24. The molecule has 3 heterocycles. The molecule has 0 amide bonds. The van der Waals surface area contributed by atoms with Crippen molar-refractivity contribution in [1.82, 2.24) is 19.5 Å². The highest BCUT2D eigenvalue weighted by Gasteiger charge is 2.36. The second kappa shape index (κ2) is 7.86. The number of pyridine rings is 2. The van der Waals surface area contributed by atoms with Crippen LogP contribution in [0.5, 0.6) is 11.6 Å². The normalized spacial score (nSPS) is 13.6. The molecule has 1 saturated carbocycles. The van der Waals surface area contributed by atoms with Gasteiger partial charge in [-0.1, -0.05) is 0 Å². The predicted octanol–water partition coefficient (Wildman–Crippen LogP) is 4.02. The summed E-state index contributed by atoms with van der Waals surface area (Å²) in [4.78, 5) is 13.4. The van der Waals surface area contributed by atoms with E-state index >= 15 is 0 Å². The van der Waals surface area contributed by atoms with E-state index in [1.807, 2.05) is 20.0 Å². The van der Waals surface area contributed by atoms with Crippen LogP contribution in [-0.2, 0) is 16.9 Å². The molecule has 33 heavy (non-hydrogen) atoms. The molecule has 166 valence electrons. The zero-order chi connectivity index (χ0) is 23.2. The minimum Gasteiger partial charge on any atom is -0.437 e. The highest BCUT2D eigenvalue weighted by molar-refractivity contribution is 7.92. The van der Waals surface area contributed by atoms with Crippen molar-refractivity contribution < 1.29 is 13.2 Å². The van der Waals surface area contributed by atoms with E-state index in [0.717, 1.165) is 18.4 Å². The molecule has 5 rings (SSSR count). The first-order valence-electron chi connectivity index (χ1n) is 10.3. The van der Waals surface area contributed by atoms with Gasteiger partial charge >= 0.3 is 0 Å². The number of sulfone groups is 1. The number of rotatable bonds is 6. The number of hydrogen-bond donors (Lipinski definition) is 1. The number of aryl methyl sites for hydroxylation is 2. The van der Waals surface area contributed by atoms with Crippen molar-refractivity contribution in [2.24, 2.45) is 7.05 Å². The molecule has 3 aromatic heterocycles. The third-order valence-electron chi connectivity index (χ3n) is 5.46. The van der Waals surface area contributed by atoms with Crippen molar-refractivity contribution in [3.8, 4) is 17.7 Å². The first-order chi connectivity index (χ1) is 15.8. The Kier molecular flexibility index (Phi) is 4.98. The summed E-state index contributed by atoms with van der Waals surface area (Å²) in [6.07, 6.45) is 4.61. The molecule has 0 spiro atoms. The molecule has 1 N–H and O–H groups in total. The second-order valence-corrected chi connectivity index (χ2v) is 10.2. The molecule has 10 heteroatoms. The van der Waals surface area contributed by atoms with Crippen LogP contribution >= 0.6 is 0 Å². The summed E-state index contributed by atoms with van der Waals surface area (Å²) in [6.45, 7) is 1.83. The summed E-state index contributed by atoms with van der Waals surface area (Å²) in [5, 5.41) is 12.1. The molecule has 0 radical (unpaired) electrons. The lowest BCUT2D eigenvalue weighted by Gasteiger charge is -2.12. The van der Waals surface area contributed by atoms with Crippen LogP contribution in [-0.4, -0.2) is 33.2 Å². The Morgan fingerprint density at radius 1 is 1.18 bits per heavy atom. The molecule has 0 saturated heterocycles. The van der Waals surface area contributed by atoms with Crippen LogP contribution in [0.15, 0.2) is 53.8 Å². The SMILES string of the molecule is Cc1cc(C#N)ncc1Oc1cc(Nc2ccc(S(=O)(=O)C3CC3)cc2)c2ncn(C)c2n1. The van der Waals surface area contributed by atoms with Gasteiger partial charge in [0.1, 0.15) is 17.3 Å². The Labute approximate surface area is 190 Å².